The maximum absolute atomic E-state index is 11.6. The molecule has 1 aliphatic rings. The van der Waals surface area contributed by atoms with Crippen molar-refractivity contribution in [2.75, 3.05) is 27.4 Å². The highest BCUT2D eigenvalue weighted by Crippen LogP contribution is 2.44. The average molecular weight is 421 g/mol. The van der Waals surface area contributed by atoms with Crippen LogP contribution in [0.3, 0.4) is 0 Å². The number of oxime groups is 1. The minimum absolute atomic E-state index is 0.112. The Bertz CT molecular complexity index is 1160. The molecule has 2 atom stereocenters. The Balaban J connectivity index is 1.99. The number of hydrogen-bond donors (Lipinski definition) is 2. The lowest BCUT2D eigenvalue weighted by Gasteiger charge is -2.45. The summed E-state index contributed by atoms with van der Waals surface area (Å²) in [7, 11) is 3.09. The van der Waals surface area contributed by atoms with Gasteiger partial charge in [-0.05, 0) is 18.2 Å². The molecule has 160 valence electrons. The van der Waals surface area contributed by atoms with Gasteiger partial charge in [-0.2, -0.15) is 5.26 Å². The molecule has 0 spiro atoms. The standard InChI is InChI=1S/C23H23N3O5/c1-29-13-23(14-30-2)22(27)21(18-5-3-4-6-20(18)31-23)26-12-16(11-25-28)17-8-7-15(10-24)9-19(17)26/h3-9,11-12,21-22,27-28H,13-14H2,1-2H3/b25-11-/t21-,22+/m1/s1. The minimum atomic E-state index is -1.14. The van der Waals surface area contributed by atoms with Crippen LogP contribution in [-0.2, 0) is 9.47 Å². The molecule has 8 nitrogen and oxygen atoms in total. The highest BCUT2D eigenvalue weighted by Gasteiger charge is 2.50. The van der Waals surface area contributed by atoms with E-state index < -0.39 is 17.7 Å². The molecule has 1 aromatic heterocycles. The van der Waals surface area contributed by atoms with Crippen molar-refractivity contribution < 1.29 is 24.5 Å². The normalized spacial score (nSPS) is 19.8. The number of benzene rings is 2. The van der Waals surface area contributed by atoms with Gasteiger partial charge in [-0.15, -0.1) is 0 Å². The third-order valence-electron chi connectivity index (χ3n) is 5.66. The first-order valence-corrected chi connectivity index (χ1v) is 9.74. The zero-order valence-corrected chi connectivity index (χ0v) is 17.2. The van der Waals surface area contributed by atoms with Gasteiger partial charge in [0.15, 0.2) is 5.60 Å². The summed E-state index contributed by atoms with van der Waals surface area (Å²) in [5.41, 5.74) is 1.50. The van der Waals surface area contributed by atoms with Gasteiger partial charge in [-0.3, -0.25) is 0 Å². The summed E-state index contributed by atoms with van der Waals surface area (Å²) in [4.78, 5) is 0. The quantitative estimate of drug-likeness (QED) is 0.360. The predicted molar refractivity (Wildman–Crippen MR) is 114 cm³/mol. The Morgan fingerprint density at radius 1 is 1.23 bits per heavy atom. The van der Waals surface area contributed by atoms with Crippen molar-refractivity contribution in [1.82, 2.24) is 4.57 Å². The summed E-state index contributed by atoms with van der Waals surface area (Å²) in [5, 5.41) is 34.1. The third kappa shape index (κ3) is 3.43. The van der Waals surface area contributed by atoms with Gasteiger partial charge in [0.05, 0.1) is 42.6 Å². The number of ether oxygens (including phenoxy) is 3. The Morgan fingerprint density at radius 2 is 1.97 bits per heavy atom. The smallest absolute Gasteiger partial charge is 0.183 e. The van der Waals surface area contributed by atoms with Crippen LogP contribution in [0.5, 0.6) is 5.75 Å². The first-order valence-electron chi connectivity index (χ1n) is 9.74. The summed E-state index contributed by atoms with van der Waals surface area (Å²) < 4.78 is 18.9. The molecule has 0 bridgehead atoms. The second-order valence-electron chi connectivity index (χ2n) is 7.54. The minimum Gasteiger partial charge on any atom is -0.479 e. The molecule has 31 heavy (non-hydrogen) atoms. The highest BCUT2D eigenvalue weighted by atomic mass is 16.6. The van der Waals surface area contributed by atoms with Crippen molar-refractivity contribution in [1.29, 1.82) is 5.26 Å². The van der Waals surface area contributed by atoms with E-state index in [9.17, 15) is 10.4 Å². The van der Waals surface area contributed by atoms with Crippen LogP contribution >= 0.6 is 0 Å². The molecule has 1 aliphatic heterocycles. The van der Waals surface area contributed by atoms with Gasteiger partial charge in [-0.25, -0.2) is 0 Å². The molecule has 8 heteroatoms. The number of rotatable bonds is 6. The van der Waals surface area contributed by atoms with Crippen molar-refractivity contribution >= 4 is 17.1 Å². The van der Waals surface area contributed by atoms with E-state index in [2.05, 4.69) is 11.2 Å². The molecule has 0 unspecified atom stereocenters. The van der Waals surface area contributed by atoms with E-state index in [0.717, 1.165) is 16.5 Å². The second-order valence-corrected chi connectivity index (χ2v) is 7.54. The summed E-state index contributed by atoms with van der Waals surface area (Å²) in [5.74, 6) is 0.613. The number of aliphatic hydroxyl groups is 1. The second kappa shape index (κ2) is 8.40. The Labute approximate surface area is 179 Å². The summed E-state index contributed by atoms with van der Waals surface area (Å²) in [6, 6.07) is 14.3. The van der Waals surface area contributed by atoms with Crippen molar-refractivity contribution in [3.63, 3.8) is 0 Å². The molecule has 2 N–H and O–H groups in total. The summed E-state index contributed by atoms with van der Waals surface area (Å²) in [6.45, 7) is 0.223. The number of nitriles is 1. The van der Waals surface area contributed by atoms with Gasteiger partial charge >= 0.3 is 0 Å². The third-order valence-corrected chi connectivity index (χ3v) is 5.66. The van der Waals surface area contributed by atoms with Gasteiger partial charge in [-0.1, -0.05) is 29.4 Å². The van der Waals surface area contributed by atoms with E-state index in [4.69, 9.17) is 19.4 Å². The molecular weight excluding hydrogens is 398 g/mol. The van der Waals surface area contributed by atoms with Gasteiger partial charge in [0.1, 0.15) is 11.9 Å². The number of methoxy groups -OCH3 is 2. The molecule has 4 rings (SSSR count). The maximum Gasteiger partial charge on any atom is 0.183 e. The number of para-hydroxylation sites is 1. The lowest BCUT2D eigenvalue weighted by atomic mass is 9.84. The molecule has 0 amide bonds. The van der Waals surface area contributed by atoms with Gasteiger partial charge in [0.25, 0.3) is 0 Å². The Kier molecular flexibility index (Phi) is 5.65. The van der Waals surface area contributed by atoms with Crippen LogP contribution in [0.4, 0.5) is 0 Å². The molecule has 0 saturated heterocycles. The number of nitrogens with zero attached hydrogens (tertiary/aromatic N) is 3. The predicted octanol–water partition coefficient (Wildman–Crippen LogP) is 2.70. The van der Waals surface area contributed by atoms with Gasteiger partial charge in [0.2, 0.25) is 0 Å². The zero-order valence-electron chi connectivity index (χ0n) is 17.2. The summed E-state index contributed by atoms with van der Waals surface area (Å²) >= 11 is 0. The van der Waals surface area contributed by atoms with Crippen LogP contribution in [0.25, 0.3) is 10.9 Å². The van der Waals surface area contributed by atoms with Crippen LogP contribution in [0.15, 0.2) is 53.8 Å². The van der Waals surface area contributed by atoms with Crippen molar-refractivity contribution in [2.45, 2.75) is 17.7 Å². The van der Waals surface area contributed by atoms with Crippen LogP contribution < -0.4 is 4.74 Å². The number of hydrogen-bond acceptors (Lipinski definition) is 7. The lowest BCUT2D eigenvalue weighted by molar-refractivity contribution is -0.147. The molecule has 2 aromatic carbocycles. The zero-order chi connectivity index (χ0) is 22.0. The molecule has 0 aliphatic carbocycles. The fraction of sp³-hybridized carbons (Fsp3) is 0.304. The Morgan fingerprint density at radius 3 is 2.65 bits per heavy atom. The van der Waals surface area contributed by atoms with E-state index in [0.29, 0.717) is 16.9 Å². The van der Waals surface area contributed by atoms with E-state index in [1.807, 2.05) is 28.8 Å². The van der Waals surface area contributed by atoms with Crippen LogP contribution in [-0.4, -0.2) is 60.2 Å². The fourth-order valence-electron chi connectivity index (χ4n) is 4.36. The SMILES string of the molecule is COCC1(COC)Oc2ccccc2[C@@H](n2cc(/C=N\O)c3ccc(C#N)cc32)[C@@H]1O. The molecule has 0 saturated carbocycles. The molecule has 2 heterocycles. The van der Waals surface area contributed by atoms with Crippen LogP contribution in [0.1, 0.15) is 22.7 Å². The molecule has 0 fully saturated rings. The number of fused-ring (bicyclic) bond motifs is 2. The van der Waals surface area contributed by atoms with E-state index in [1.54, 1.807) is 38.6 Å². The fourth-order valence-corrected chi connectivity index (χ4v) is 4.36. The van der Waals surface area contributed by atoms with E-state index >= 15 is 0 Å². The molecular formula is C23H23N3O5. The van der Waals surface area contributed by atoms with E-state index in [-0.39, 0.29) is 13.2 Å². The lowest BCUT2D eigenvalue weighted by Crippen LogP contribution is -2.60. The van der Waals surface area contributed by atoms with E-state index in [1.165, 1.54) is 6.21 Å². The molecule has 3 aromatic rings. The first-order chi connectivity index (χ1) is 15.1. The van der Waals surface area contributed by atoms with Gasteiger partial charge < -0.3 is 29.1 Å². The van der Waals surface area contributed by atoms with Gasteiger partial charge in [0, 0.05) is 36.9 Å². The number of aromatic nitrogens is 1. The Hall–Kier alpha value is -3.38. The summed E-state index contributed by atoms with van der Waals surface area (Å²) in [6.07, 6.45) is 2.09. The van der Waals surface area contributed by atoms with Crippen molar-refractivity contribution in [2.24, 2.45) is 5.16 Å². The maximum atomic E-state index is 11.6. The average Bonchev–Trinajstić information content (AvgIpc) is 3.12. The van der Waals surface area contributed by atoms with Crippen LogP contribution in [0, 0.1) is 11.3 Å². The first kappa shape index (κ1) is 20.9. The monoisotopic (exact) mass is 421 g/mol. The van der Waals surface area contributed by atoms with Crippen LogP contribution in [0.2, 0.25) is 0 Å². The van der Waals surface area contributed by atoms with Crippen molar-refractivity contribution in [3.8, 4) is 11.8 Å². The highest BCUT2D eigenvalue weighted by molar-refractivity contribution is 5.99. The molecule has 0 radical (unpaired) electrons. The van der Waals surface area contributed by atoms with Crippen molar-refractivity contribution in [3.05, 3.63) is 65.4 Å². The number of aliphatic hydroxyl groups excluding tert-OH is 1. The topological polar surface area (TPSA) is 109 Å². The largest absolute Gasteiger partial charge is 0.479 e.